The summed E-state index contributed by atoms with van der Waals surface area (Å²) in [5.41, 5.74) is 2.26. The van der Waals surface area contributed by atoms with E-state index in [1.54, 1.807) is 6.20 Å². The molecule has 0 saturated heterocycles. The van der Waals surface area contributed by atoms with Gasteiger partial charge >= 0.3 is 0 Å². The molecular weight excluding hydrogens is 276 g/mol. The lowest BCUT2D eigenvalue weighted by Gasteiger charge is -2.07. The number of aromatic nitrogens is 3. The minimum atomic E-state index is -0.117. The summed E-state index contributed by atoms with van der Waals surface area (Å²) in [5, 5.41) is 9.25. The van der Waals surface area contributed by atoms with Gasteiger partial charge in [0.2, 0.25) is 5.91 Å². The van der Waals surface area contributed by atoms with Crippen LogP contribution in [0.1, 0.15) is 13.8 Å². The standard InChI is InChI=1S/C14H13ClN4O/c1-3-19-14-11(7-16-19)13(15)10-6-9(17-8(2)20)4-5-12(10)18-14/h4-7H,3H2,1-2H3,(H,17,20). The van der Waals surface area contributed by atoms with E-state index < -0.39 is 0 Å². The fourth-order valence-electron chi connectivity index (χ4n) is 2.23. The van der Waals surface area contributed by atoms with E-state index in [9.17, 15) is 4.79 Å². The van der Waals surface area contributed by atoms with Crippen LogP contribution in [0.5, 0.6) is 0 Å². The van der Waals surface area contributed by atoms with Crippen LogP contribution < -0.4 is 5.32 Å². The number of hydrogen-bond donors (Lipinski definition) is 1. The maximum absolute atomic E-state index is 11.1. The van der Waals surface area contributed by atoms with E-state index in [0.717, 1.165) is 28.5 Å². The number of rotatable bonds is 2. The van der Waals surface area contributed by atoms with Crippen molar-refractivity contribution in [1.29, 1.82) is 0 Å². The van der Waals surface area contributed by atoms with Gasteiger partial charge in [-0.1, -0.05) is 11.6 Å². The Hall–Kier alpha value is -2.14. The lowest BCUT2D eigenvalue weighted by molar-refractivity contribution is -0.114. The number of anilines is 1. The lowest BCUT2D eigenvalue weighted by atomic mass is 10.1. The zero-order valence-electron chi connectivity index (χ0n) is 11.1. The van der Waals surface area contributed by atoms with Crippen LogP contribution in [0.2, 0.25) is 5.02 Å². The Labute approximate surface area is 120 Å². The molecule has 2 aromatic heterocycles. The number of carbonyl (C=O) groups excluding carboxylic acids is 1. The smallest absolute Gasteiger partial charge is 0.221 e. The summed E-state index contributed by atoms with van der Waals surface area (Å²) in [7, 11) is 0. The maximum Gasteiger partial charge on any atom is 0.221 e. The summed E-state index contributed by atoms with van der Waals surface area (Å²) in [6.07, 6.45) is 1.72. The van der Waals surface area contributed by atoms with E-state index in [-0.39, 0.29) is 5.91 Å². The second-order valence-corrected chi connectivity index (χ2v) is 4.91. The number of hydrogen-bond acceptors (Lipinski definition) is 3. The monoisotopic (exact) mass is 288 g/mol. The number of aryl methyl sites for hydroxylation is 1. The first kappa shape index (κ1) is 12.9. The molecule has 1 N–H and O–H groups in total. The van der Waals surface area contributed by atoms with Crippen molar-refractivity contribution in [1.82, 2.24) is 14.8 Å². The van der Waals surface area contributed by atoms with Gasteiger partial charge in [0.25, 0.3) is 0 Å². The Morgan fingerprint density at radius 3 is 2.90 bits per heavy atom. The first-order chi connectivity index (χ1) is 9.60. The maximum atomic E-state index is 11.1. The van der Waals surface area contributed by atoms with Gasteiger partial charge in [-0.15, -0.1) is 0 Å². The van der Waals surface area contributed by atoms with Crippen molar-refractivity contribution in [2.24, 2.45) is 0 Å². The number of amides is 1. The number of nitrogens with zero attached hydrogens (tertiary/aromatic N) is 3. The predicted octanol–water partition coefficient (Wildman–Crippen LogP) is 3.22. The molecule has 0 aliphatic heterocycles. The van der Waals surface area contributed by atoms with Gasteiger partial charge in [-0.3, -0.25) is 4.79 Å². The van der Waals surface area contributed by atoms with Gasteiger partial charge < -0.3 is 5.32 Å². The molecule has 102 valence electrons. The summed E-state index contributed by atoms with van der Waals surface area (Å²) in [6.45, 7) is 4.22. The van der Waals surface area contributed by atoms with E-state index in [4.69, 9.17) is 11.6 Å². The summed E-state index contributed by atoms with van der Waals surface area (Å²) >= 11 is 6.45. The molecule has 0 unspecified atom stereocenters. The Balaban J connectivity index is 2.27. The highest BCUT2D eigenvalue weighted by Crippen LogP contribution is 2.31. The van der Waals surface area contributed by atoms with Gasteiger partial charge in [0.15, 0.2) is 5.65 Å². The minimum absolute atomic E-state index is 0.117. The lowest BCUT2D eigenvalue weighted by Crippen LogP contribution is -2.05. The molecule has 2 heterocycles. The molecule has 0 aliphatic carbocycles. The largest absolute Gasteiger partial charge is 0.326 e. The minimum Gasteiger partial charge on any atom is -0.326 e. The van der Waals surface area contributed by atoms with Crippen LogP contribution in [0.25, 0.3) is 21.9 Å². The molecule has 0 aliphatic rings. The molecule has 0 radical (unpaired) electrons. The summed E-state index contributed by atoms with van der Waals surface area (Å²) < 4.78 is 1.81. The molecule has 0 atom stereocenters. The molecule has 3 aromatic rings. The van der Waals surface area contributed by atoms with Crippen molar-refractivity contribution in [2.45, 2.75) is 20.4 Å². The van der Waals surface area contributed by atoms with E-state index in [1.807, 2.05) is 29.8 Å². The number of halogens is 1. The molecule has 0 bridgehead atoms. The third-order valence-electron chi connectivity index (χ3n) is 3.13. The molecular formula is C14H13ClN4O. The van der Waals surface area contributed by atoms with Crippen molar-refractivity contribution in [3.8, 4) is 0 Å². The topological polar surface area (TPSA) is 59.8 Å². The fraction of sp³-hybridized carbons (Fsp3) is 0.214. The van der Waals surface area contributed by atoms with Crippen LogP contribution in [-0.2, 0) is 11.3 Å². The molecule has 1 aromatic carbocycles. The third-order valence-corrected chi connectivity index (χ3v) is 3.53. The second kappa shape index (κ2) is 4.76. The summed E-state index contributed by atoms with van der Waals surface area (Å²) in [6, 6.07) is 5.49. The summed E-state index contributed by atoms with van der Waals surface area (Å²) in [4.78, 5) is 15.7. The molecule has 0 fully saturated rings. The van der Waals surface area contributed by atoms with E-state index in [0.29, 0.717) is 10.7 Å². The van der Waals surface area contributed by atoms with Gasteiger partial charge in [0.05, 0.1) is 22.1 Å². The van der Waals surface area contributed by atoms with Crippen LogP contribution in [0.3, 0.4) is 0 Å². The first-order valence-corrected chi connectivity index (χ1v) is 6.70. The fourth-order valence-corrected chi connectivity index (χ4v) is 2.52. The Bertz CT molecular complexity index is 825. The van der Waals surface area contributed by atoms with Crippen molar-refractivity contribution in [2.75, 3.05) is 5.32 Å². The number of benzene rings is 1. The van der Waals surface area contributed by atoms with Gasteiger partial charge in [-0.05, 0) is 25.1 Å². The molecule has 3 rings (SSSR count). The highest BCUT2D eigenvalue weighted by atomic mass is 35.5. The highest BCUT2D eigenvalue weighted by Gasteiger charge is 2.12. The van der Waals surface area contributed by atoms with Crippen molar-refractivity contribution in [3.63, 3.8) is 0 Å². The summed E-state index contributed by atoms with van der Waals surface area (Å²) in [5.74, 6) is -0.117. The molecule has 5 nitrogen and oxygen atoms in total. The average Bonchev–Trinajstić information content (AvgIpc) is 2.82. The van der Waals surface area contributed by atoms with Crippen LogP contribution in [0.4, 0.5) is 5.69 Å². The Kier molecular flexibility index (Phi) is 3.06. The number of pyridine rings is 1. The highest BCUT2D eigenvalue weighted by molar-refractivity contribution is 6.40. The molecule has 20 heavy (non-hydrogen) atoms. The third kappa shape index (κ3) is 2.00. The quantitative estimate of drug-likeness (QED) is 0.787. The second-order valence-electron chi connectivity index (χ2n) is 4.54. The van der Waals surface area contributed by atoms with Crippen molar-refractivity contribution >= 4 is 45.1 Å². The van der Waals surface area contributed by atoms with Crippen LogP contribution >= 0.6 is 11.6 Å². The van der Waals surface area contributed by atoms with Crippen LogP contribution in [0.15, 0.2) is 24.4 Å². The zero-order chi connectivity index (χ0) is 14.3. The van der Waals surface area contributed by atoms with Gasteiger partial charge in [-0.2, -0.15) is 5.10 Å². The van der Waals surface area contributed by atoms with Crippen molar-refractivity contribution in [3.05, 3.63) is 29.4 Å². The Morgan fingerprint density at radius 2 is 2.20 bits per heavy atom. The average molecular weight is 289 g/mol. The van der Waals surface area contributed by atoms with Gasteiger partial charge in [-0.25, -0.2) is 9.67 Å². The van der Waals surface area contributed by atoms with Crippen LogP contribution in [0, 0.1) is 0 Å². The molecule has 1 amide bonds. The SMILES string of the molecule is CCn1ncc2c(Cl)c3cc(NC(C)=O)ccc3nc21. The first-order valence-electron chi connectivity index (χ1n) is 6.32. The number of fused-ring (bicyclic) bond motifs is 2. The van der Waals surface area contributed by atoms with E-state index in [2.05, 4.69) is 15.4 Å². The van der Waals surface area contributed by atoms with Gasteiger partial charge in [0.1, 0.15) is 0 Å². The zero-order valence-corrected chi connectivity index (χ0v) is 11.9. The predicted molar refractivity (Wildman–Crippen MR) is 80.0 cm³/mol. The van der Waals surface area contributed by atoms with Crippen molar-refractivity contribution < 1.29 is 4.79 Å². The van der Waals surface area contributed by atoms with Crippen LogP contribution in [-0.4, -0.2) is 20.7 Å². The molecule has 0 saturated carbocycles. The molecule has 0 spiro atoms. The molecule has 6 heteroatoms. The number of carbonyl (C=O) groups is 1. The number of nitrogens with one attached hydrogen (secondary N) is 1. The van der Waals surface area contributed by atoms with E-state index >= 15 is 0 Å². The van der Waals surface area contributed by atoms with Gasteiger partial charge in [0, 0.05) is 24.5 Å². The van der Waals surface area contributed by atoms with E-state index in [1.165, 1.54) is 6.92 Å². The Morgan fingerprint density at radius 1 is 1.40 bits per heavy atom. The normalized spacial score (nSPS) is 11.2.